The number of alkyl halides is 1. The van der Waals surface area contributed by atoms with Crippen molar-refractivity contribution in [2.75, 3.05) is 0 Å². The molecule has 0 N–H and O–H groups in total. The van der Waals surface area contributed by atoms with Crippen LogP contribution < -0.4 is 0 Å². The first-order chi connectivity index (χ1) is 8.58. The summed E-state index contributed by atoms with van der Waals surface area (Å²) >= 11 is 13.0. The summed E-state index contributed by atoms with van der Waals surface area (Å²) in [6.45, 7) is 0. The largest absolute Gasteiger partial charge is 0.207 e. The van der Waals surface area contributed by atoms with Crippen LogP contribution in [0.25, 0.3) is 0 Å². The Bertz CT molecular complexity index is 557. The van der Waals surface area contributed by atoms with Gasteiger partial charge in [-0.3, -0.25) is 0 Å². The fraction of sp³-hybridized carbons (Fsp3) is 0.143. The third-order valence-corrected chi connectivity index (χ3v) is 4.75. The van der Waals surface area contributed by atoms with Gasteiger partial charge in [0.1, 0.15) is 5.82 Å². The van der Waals surface area contributed by atoms with E-state index in [1.54, 1.807) is 12.1 Å². The highest BCUT2D eigenvalue weighted by atomic mass is 79.9. The van der Waals surface area contributed by atoms with E-state index in [0.29, 0.717) is 17.0 Å². The zero-order valence-electron chi connectivity index (χ0n) is 9.34. The lowest BCUT2D eigenvalue weighted by molar-refractivity contribution is 0.608. The van der Waals surface area contributed by atoms with Gasteiger partial charge in [-0.1, -0.05) is 51.8 Å². The smallest absolute Gasteiger partial charge is 0.126 e. The van der Waals surface area contributed by atoms with Gasteiger partial charge >= 0.3 is 0 Å². The lowest BCUT2D eigenvalue weighted by Crippen LogP contribution is -1.98. The molecule has 2 rings (SSSR count). The van der Waals surface area contributed by atoms with E-state index in [2.05, 4.69) is 31.9 Å². The Morgan fingerprint density at radius 1 is 1.17 bits per heavy atom. The Labute approximate surface area is 127 Å². The second kappa shape index (κ2) is 6.18. The first-order valence-corrected chi connectivity index (χ1v) is 7.49. The molecule has 0 saturated carbocycles. The number of rotatable bonds is 3. The van der Waals surface area contributed by atoms with E-state index < -0.39 is 0 Å². The fourth-order valence-corrected chi connectivity index (χ4v) is 2.75. The van der Waals surface area contributed by atoms with Gasteiger partial charge in [0.05, 0.1) is 5.02 Å². The predicted molar refractivity (Wildman–Crippen MR) is 80.9 cm³/mol. The molecule has 1 unspecified atom stereocenters. The third-order valence-electron chi connectivity index (χ3n) is 2.66. The summed E-state index contributed by atoms with van der Waals surface area (Å²) in [5.74, 6) is -0.176. The Morgan fingerprint density at radius 2 is 1.89 bits per heavy atom. The van der Waals surface area contributed by atoms with Crippen molar-refractivity contribution in [3.8, 4) is 0 Å². The number of benzene rings is 2. The molecule has 94 valence electrons. The van der Waals surface area contributed by atoms with E-state index >= 15 is 0 Å². The van der Waals surface area contributed by atoms with E-state index in [-0.39, 0.29) is 10.6 Å². The molecule has 18 heavy (non-hydrogen) atoms. The topological polar surface area (TPSA) is 0 Å². The van der Waals surface area contributed by atoms with Crippen LogP contribution in [0.2, 0.25) is 5.02 Å². The molecule has 0 aromatic heterocycles. The quantitative estimate of drug-likeness (QED) is 0.569. The Kier molecular flexibility index (Phi) is 4.82. The fourth-order valence-electron chi connectivity index (χ4n) is 1.68. The van der Waals surface area contributed by atoms with Gasteiger partial charge in [0.2, 0.25) is 0 Å². The second-order valence-electron chi connectivity index (χ2n) is 3.94. The molecule has 0 nitrogen and oxygen atoms in total. The van der Waals surface area contributed by atoms with Gasteiger partial charge in [-0.05, 0) is 51.7 Å². The van der Waals surface area contributed by atoms with Crippen LogP contribution in [-0.2, 0) is 6.42 Å². The van der Waals surface area contributed by atoms with E-state index in [1.807, 2.05) is 24.3 Å². The molecule has 0 fully saturated rings. The normalized spacial score (nSPS) is 12.4. The maximum atomic E-state index is 13.6. The Hall–Kier alpha value is -0.380. The standard InChI is InChI=1S/C14H10Br2ClF/c15-11-6-5-9(8-13(11)17)12(16)7-10-3-1-2-4-14(10)18/h1-6,8,12H,7H2. The molecule has 1 atom stereocenters. The van der Waals surface area contributed by atoms with E-state index in [9.17, 15) is 4.39 Å². The van der Waals surface area contributed by atoms with Crippen molar-refractivity contribution in [2.24, 2.45) is 0 Å². The molecule has 0 amide bonds. The van der Waals surface area contributed by atoms with Gasteiger partial charge in [0, 0.05) is 9.30 Å². The minimum atomic E-state index is -0.176. The van der Waals surface area contributed by atoms with Crippen molar-refractivity contribution in [3.63, 3.8) is 0 Å². The van der Waals surface area contributed by atoms with Crippen LogP contribution in [0.15, 0.2) is 46.9 Å². The first-order valence-electron chi connectivity index (χ1n) is 5.40. The molecular weight excluding hydrogens is 382 g/mol. The van der Waals surface area contributed by atoms with E-state index in [0.717, 1.165) is 10.0 Å². The number of halogens is 4. The molecule has 0 bridgehead atoms. The van der Waals surface area contributed by atoms with Crippen molar-refractivity contribution < 1.29 is 4.39 Å². The minimum Gasteiger partial charge on any atom is -0.207 e. The maximum absolute atomic E-state index is 13.6. The monoisotopic (exact) mass is 390 g/mol. The van der Waals surface area contributed by atoms with Gasteiger partial charge in [-0.15, -0.1) is 0 Å². The Morgan fingerprint density at radius 3 is 2.56 bits per heavy atom. The van der Waals surface area contributed by atoms with Crippen molar-refractivity contribution in [1.82, 2.24) is 0 Å². The second-order valence-corrected chi connectivity index (χ2v) is 6.30. The predicted octanol–water partition coefficient (Wildman–Crippen LogP) is 5.92. The summed E-state index contributed by atoms with van der Waals surface area (Å²) in [6.07, 6.45) is 0.588. The molecule has 4 heteroatoms. The molecule has 2 aromatic carbocycles. The average Bonchev–Trinajstić information content (AvgIpc) is 2.35. The van der Waals surface area contributed by atoms with Crippen molar-refractivity contribution in [3.05, 3.63) is 68.9 Å². The van der Waals surface area contributed by atoms with Gasteiger partial charge in [0.25, 0.3) is 0 Å². The van der Waals surface area contributed by atoms with Crippen LogP contribution in [0.4, 0.5) is 4.39 Å². The molecular formula is C14H10Br2ClF. The zero-order chi connectivity index (χ0) is 13.1. The van der Waals surface area contributed by atoms with Crippen LogP contribution >= 0.6 is 43.5 Å². The van der Waals surface area contributed by atoms with Crippen LogP contribution in [0.3, 0.4) is 0 Å². The lowest BCUT2D eigenvalue weighted by atomic mass is 10.0. The molecule has 0 spiro atoms. The summed E-state index contributed by atoms with van der Waals surface area (Å²) in [6, 6.07) is 12.5. The van der Waals surface area contributed by atoms with E-state index in [1.165, 1.54) is 6.07 Å². The minimum absolute atomic E-state index is 0.0417. The molecule has 0 saturated heterocycles. The molecule has 0 radical (unpaired) electrons. The summed E-state index contributed by atoms with van der Waals surface area (Å²) < 4.78 is 14.4. The van der Waals surface area contributed by atoms with Crippen molar-refractivity contribution >= 4 is 43.5 Å². The molecule has 0 aliphatic heterocycles. The lowest BCUT2D eigenvalue weighted by Gasteiger charge is -2.12. The van der Waals surface area contributed by atoms with Gasteiger partial charge in [0.15, 0.2) is 0 Å². The molecule has 0 heterocycles. The molecule has 0 aliphatic carbocycles. The number of hydrogen-bond acceptors (Lipinski definition) is 0. The highest BCUT2D eigenvalue weighted by molar-refractivity contribution is 9.10. The van der Waals surface area contributed by atoms with Gasteiger partial charge < -0.3 is 0 Å². The summed E-state index contributed by atoms with van der Waals surface area (Å²) in [5, 5.41) is 0.658. The average molecular weight is 392 g/mol. The van der Waals surface area contributed by atoms with Crippen molar-refractivity contribution in [2.45, 2.75) is 11.2 Å². The van der Waals surface area contributed by atoms with Crippen LogP contribution in [0, 0.1) is 5.82 Å². The number of hydrogen-bond donors (Lipinski definition) is 0. The van der Waals surface area contributed by atoms with Gasteiger partial charge in [-0.25, -0.2) is 4.39 Å². The molecule has 0 aliphatic rings. The third kappa shape index (κ3) is 3.34. The zero-order valence-corrected chi connectivity index (χ0v) is 13.3. The Balaban J connectivity index is 2.19. The highest BCUT2D eigenvalue weighted by Crippen LogP contribution is 2.32. The van der Waals surface area contributed by atoms with E-state index in [4.69, 9.17) is 11.6 Å². The summed E-state index contributed by atoms with van der Waals surface area (Å²) in [7, 11) is 0. The SMILES string of the molecule is Fc1ccccc1CC(Br)c1ccc(Br)c(Cl)c1. The van der Waals surface area contributed by atoms with Crippen LogP contribution in [0.5, 0.6) is 0 Å². The van der Waals surface area contributed by atoms with Crippen LogP contribution in [-0.4, -0.2) is 0 Å². The maximum Gasteiger partial charge on any atom is 0.126 e. The van der Waals surface area contributed by atoms with Crippen molar-refractivity contribution in [1.29, 1.82) is 0 Å². The molecule has 2 aromatic rings. The summed E-state index contributed by atoms with van der Waals surface area (Å²) in [5.41, 5.74) is 1.73. The summed E-state index contributed by atoms with van der Waals surface area (Å²) in [4.78, 5) is 0.0417. The first kappa shape index (κ1) is 14.0. The van der Waals surface area contributed by atoms with Gasteiger partial charge in [-0.2, -0.15) is 0 Å². The highest BCUT2D eigenvalue weighted by Gasteiger charge is 2.12. The van der Waals surface area contributed by atoms with Crippen LogP contribution in [0.1, 0.15) is 16.0 Å².